The Kier molecular flexibility index (Phi) is 11.4. The van der Waals surface area contributed by atoms with Crippen LogP contribution in [0, 0.1) is 0 Å². The first-order valence-corrected chi connectivity index (χ1v) is 8.40. The van der Waals surface area contributed by atoms with Crippen LogP contribution in [0.5, 0.6) is 0 Å². The monoisotopic (exact) mass is 195 g/mol. The number of rotatable bonds is 3. The molecule has 0 aliphatic rings. The molecular formula is C6H17OZr. The molecule has 0 aromatic heterocycles. The second kappa shape index (κ2) is 7.84. The molecule has 0 saturated heterocycles. The Morgan fingerprint density at radius 1 is 0.875 bits per heavy atom. The Morgan fingerprint density at radius 2 is 1.12 bits per heavy atom. The first-order chi connectivity index (χ1) is 3.35. The van der Waals surface area contributed by atoms with Crippen molar-refractivity contribution in [3.8, 4) is 0 Å². The Balaban J connectivity index is 0. The molecule has 0 aromatic rings. The van der Waals surface area contributed by atoms with Gasteiger partial charge in [-0.25, -0.2) is 0 Å². The van der Waals surface area contributed by atoms with Crippen molar-refractivity contribution < 1.29 is 27.2 Å². The standard InChI is InChI=1S/3C2H5.H2O.Zr/c3*1-2;;/h3*1H2,2H3;1H2;. The van der Waals surface area contributed by atoms with Gasteiger partial charge in [0.15, 0.2) is 0 Å². The SMILES string of the molecule is C[CH2][Zr]([CH2]C)[CH2]C.O. The maximum Gasteiger partial charge on any atom is -0.412 e. The Bertz CT molecular complexity index is 30.0. The van der Waals surface area contributed by atoms with Gasteiger partial charge in [0, 0.05) is 0 Å². The summed E-state index contributed by atoms with van der Waals surface area (Å²) in [7, 11) is 0. The van der Waals surface area contributed by atoms with E-state index in [0.29, 0.717) is 0 Å². The summed E-state index contributed by atoms with van der Waals surface area (Å²) in [6, 6.07) is 0. The molecule has 51 valence electrons. The van der Waals surface area contributed by atoms with Crippen molar-refractivity contribution in [2.45, 2.75) is 33.2 Å². The molecule has 1 nitrogen and oxygen atoms in total. The van der Waals surface area contributed by atoms with Crippen molar-refractivity contribution in [1.29, 1.82) is 0 Å². The van der Waals surface area contributed by atoms with Gasteiger partial charge in [0.25, 0.3) is 0 Å². The fourth-order valence-corrected chi connectivity index (χ4v) is 4.44. The zero-order chi connectivity index (χ0) is 5.70. The van der Waals surface area contributed by atoms with Gasteiger partial charge >= 0.3 is 54.9 Å². The molecule has 0 radical (unpaired) electrons. The molecule has 0 bridgehead atoms. The summed E-state index contributed by atoms with van der Waals surface area (Å²) in [6.07, 6.45) is 0. The molecule has 2 heteroatoms. The van der Waals surface area contributed by atoms with Crippen molar-refractivity contribution >= 4 is 0 Å². The van der Waals surface area contributed by atoms with E-state index >= 15 is 0 Å². The molecule has 0 saturated carbocycles. The van der Waals surface area contributed by atoms with E-state index in [4.69, 9.17) is 0 Å². The third-order valence-electron chi connectivity index (χ3n) is 1.50. The molecule has 0 atom stereocenters. The molecule has 2 N–H and O–H groups in total. The van der Waals surface area contributed by atoms with Crippen molar-refractivity contribution in [2.75, 3.05) is 0 Å². The maximum atomic E-state index is 2.35. The van der Waals surface area contributed by atoms with Crippen molar-refractivity contribution in [1.82, 2.24) is 0 Å². The average Bonchev–Trinajstić information content (AvgIpc) is 1.72. The maximum absolute atomic E-state index is 2.35. The molecule has 0 heterocycles. The Morgan fingerprint density at radius 3 is 1.12 bits per heavy atom. The third-order valence-corrected chi connectivity index (χ3v) is 8.87. The van der Waals surface area contributed by atoms with Crippen LogP contribution in [0.4, 0.5) is 0 Å². The molecule has 0 aliphatic heterocycles. The second-order valence-electron chi connectivity index (χ2n) is 1.81. The van der Waals surface area contributed by atoms with E-state index in [9.17, 15) is 0 Å². The third kappa shape index (κ3) is 4.99. The molecule has 0 fully saturated rings. The van der Waals surface area contributed by atoms with Crippen LogP contribution in [0.25, 0.3) is 0 Å². The second-order valence-corrected chi connectivity index (χ2v) is 10.7. The van der Waals surface area contributed by atoms with Gasteiger partial charge in [-0.2, -0.15) is 0 Å². The van der Waals surface area contributed by atoms with E-state index in [2.05, 4.69) is 20.8 Å². The number of hydrogen-bond acceptors (Lipinski definition) is 0. The predicted octanol–water partition coefficient (Wildman–Crippen LogP) is 2.09. The summed E-state index contributed by atoms with van der Waals surface area (Å²) in [5, 5.41) is 0. The first kappa shape index (κ1) is 11.6. The number of hydrogen-bond donors (Lipinski definition) is 0. The summed E-state index contributed by atoms with van der Waals surface area (Å²) in [5.41, 5.74) is 0. The van der Waals surface area contributed by atoms with E-state index in [0.717, 1.165) is 0 Å². The minimum atomic E-state index is -0.653. The zero-order valence-electron chi connectivity index (χ0n) is 6.12. The molecule has 0 rings (SSSR count). The molecule has 0 aromatic carbocycles. The van der Waals surface area contributed by atoms with Gasteiger partial charge < -0.3 is 5.48 Å². The fraction of sp³-hybridized carbons (Fsp3) is 1.00. The van der Waals surface area contributed by atoms with Crippen LogP contribution in [0.15, 0.2) is 0 Å². The fourth-order valence-electron chi connectivity index (χ4n) is 0.750. The molecular weight excluding hydrogens is 179 g/mol. The summed E-state index contributed by atoms with van der Waals surface area (Å²) in [5.74, 6) is 0. The van der Waals surface area contributed by atoms with Crippen LogP contribution in [0.1, 0.15) is 20.8 Å². The van der Waals surface area contributed by atoms with Crippen LogP contribution in [0.3, 0.4) is 0 Å². The van der Waals surface area contributed by atoms with E-state index < -0.39 is 21.8 Å². The quantitative estimate of drug-likeness (QED) is 0.662. The largest absolute Gasteiger partial charge is 0.412 e. The first-order valence-electron chi connectivity index (χ1n) is 3.18. The molecule has 8 heavy (non-hydrogen) atoms. The van der Waals surface area contributed by atoms with Crippen molar-refractivity contribution in [2.24, 2.45) is 0 Å². The van der Waals surface area contributed by atoms with Crippen LogP contribution in [-0.2, 0) is 21.8 Å². The molecule has 0 aliphatic carbocycles. The summed E-state index contributed by atoms with van der Waals surface area (Å²) >= 11 is -0.653. The van der Waals surface area contributed by atoms with Crippen molar-refractivity contribution in [3.63, 3.8) is 0 Å². The van der Waals surface area contributed by atoms with Gasteiger partial charge in [-0.15, -0.1) is 0 Å². The summed E-state index contributed by atoms with van der Waals surface area (Å²) < 4.78 is 4.65. The van der Waals surface area contributed by atoms with Gasteiger partial charge in [0.05, 0.1) is 0 Å². The minimum Gasteiger partial charge on any atom is -0.412 e. The van der Waals surface area contributed by atoms with E-state index in [-0.39, 0.29) is 5.48 Å². The van der Waals surface area contributed by atoms with Crippen LogP contribution in [-0.4, -0.2) is 5.48 Å². The van der Waals surface area contributed by atoms with Crippen LogP contribution < -0.4 is 0 Å². The van der Waals surface area contributed by atoms with Gasteiger partial charge in [-0.1, -0.05) is 0 Å². The van der Waals surface area contributed by atoms with Gasteiger partial charge in [0.1, 0.15) is 0 Å². The predicted molar refractivity (Wildman–Crippen MR) is 35.1 cm³/mol. The van der Waals surface area contributed by atoms with Gasteiger partial charge in [-0.3, -0.25) is 0 Å². The van der Waals surface area contributed by atoms with Crippen molar-refractivity contribution in [3.05, 3.63) is 0 Å². The Labute approximate surface area is 60.5 Å². The summed E-state index contributed by atoms with van der Waals surface area (Å²) in [4.78, 5) is 0. The normalized spacial score (nSPS) is 7.88. The summed E-state index contributed by atoms with van der Waals surface area (Å²) in [6.45, 7) is 7.05. The van der Waals surface area contributed by atoms with E-state index in [1.54, 1.807) is 12.4 Å². The average molecular weight is 196 g/mol. The Hall–Kier alpha value is 0.843. The van der Waals surface area contributed by atoms with E-state index in [1.807, 2.05) is 0 Å². The molecule has 0 amide bonds. The van der Waals surface area contributed by atoms with Crippen LogP contribution >= 0.6 is 0 Å². The minimum absolute atomic E-state index is 0. The molecule has 0 spiro atoms. The smallest absolute Gasteiger partial charge is 0.412 e. The zero-order valence-corrected chi connectivity index (χ0v) is 8.58. The van der Waals surface area contributed by atoms with Crippen LogP contribution in [0.2, 0.25) is 12.4 Å². The molecule has 0 unspecified atom stereocenters. The van der Waals surface area contributed by atoms with E-state index in [1.165, 1.54) is 0 Å². The van der Waals surface area contributed by atoms with Gasteiger partial charge in [-0.05, 0) is 0 Å². The van der Waals surface area contributed by atoms with Gasteiger partial charge in [0.2, 0.25) is 0 Å². The topological polar surface area (TPSA) is 31.5 Å².